The van der Waals surface area contributed by atoms with Gasteiger partial charge in [0.2, 0.25) is 5.91 Å². The number of amides is 2. The number of nitrogens with zero attached hydrogens (tertiary/aromatic N) is 2. The lowest BCUT2D eigenvalue weighted by molar-refractivity contribution is -0.116. The molecule has 0 saturated carbocycles. The second-order valence-corrected chi connectivity index (χ2v) is 5.83. The van der Waals surface area contributed by atoms with Gasteiger partial charge in [-0.25, -0.2) is 9.37 Å². The second-order valence-electron chi connectivity index (χ2n) is 4.91. The van der Waals surface area contributed by atoms with E-state index in [-0.39, 0.29) is 23.0 Å². The molecule has 0 bridgehead atoms. The van der Waals surface area contributed by atoms with Gasteiger partial charge in [-0.2, -0.15) is 0 Å². The van der Waals surface area contributed by atoms with Crippen molar-refractivity contribution < 1.29 is 14.0 Å². The quantitative estimate of drug-likeness (QED) is 0.743. The molecule has 0 fully saturated rings. The van der Waals surface area contributed by atoms with E-state index < -0.39 is 23.2 Å². The van der Waals surface area contributed by atoms with Crippen molar-refractivity contribution in [1.82, 2.24) is 9.55 Å². The summed E-state index contributed by atoms with van der Waals surface area (Å²) in [6, 6.07) is 5.12. The number of carbonyl (C=O) groups excluding carboxylic acids is 2. The van der Waals surface area contributed by atoms with Crippen molar-refractivity contribution in [3.05, 3.63) is 57.7 Å². The van der Waals surface area contributed by atoms with Crippen LogP contribution in [0.5, 0.6) is 0 Å². The third kappa shape index (κ3) is 3.01. The van der Waals surface area contributed by atoms with Gasteiger partial charge in [-0.15, -0.1) is 11.3 Å². The molecule has 7 nitrogen and oxygen atoms in total. The van der Waals surface area contributed by atoms with E-state index in [0.717, 1.165) is 28.0 Å². The molecule has 0 aliphatic carbocycles. The first-order valence-electron chi connectivity index (χ1n) is 6.77. The van der Waals surface area contributed by atoms with E-state index in [4.69, 9.17) is 5.73 Å². The van der Waals surface area contributed by atoms with E-state index in [0.29, 0.717) is 5.00 Å². The maximum absolute atomic E-state index is 13.1. The van der Waals surface area contributed by atoms with Gasteiger partial charge in [-0.3, -0.25) is 19.0 Å². The Morgan fingerprint density at radius 3 is 2.88 bits per heavy atom. The van der Waals surface area contributed by atoms with Crippen LogP contribution in [-0.4, -0.2) is 21.4 Å². The zero-order chi connectivity index (χ0) is 17.3. The van der Waals surface area contributed by atoms with Gasteiger partial charge in [0, 0.05) is 6.07 Å². The zero-order valence-electron chi connectivity index (χ0n) is 12.2. The molecule has 3 aromatic rings. The second kappa shape index (κ2) is 6.20. The summed E-state index contributed by atoms with van der Waals surface area (Å²) in [5.41, 5.74) is 5.16. The molecule has 122 valence electrons. The lowest BCUT2D eigenvalue weighted by Gasteiger charge is -2.07. The van der Waals surface area contributed by atoms with Crippen molar-refractivity contribution in [2.75, 3.05) is 5.32 Å². The van der Waals surface area contributed by atoms with Crippen molar-refractivity contribution in [2.45, 2.75) is 6.54 Å². The molecule has 0 aliphatic heterocycles. The number of nitrogens with one attached hydrogen (secondary N) is 1. The van der Waals surface area contributed by atoms with Gasteiger partial charge >= 0.3 is 0 Å². The summed E-state index contributed by atoms with van der Waals surface area (Å²) in [4.78, 5) is 39.6. The number of thiophene rings is 1. The SMILES string of the molecule is NC(=O)c1ccsc1NC(=O)Cn1cnc2cc(F)ccc2c1=O. The van der Waals surface area contributed by atoms with Gasteiger partial charge in [0.15, 0.2) is 0 Å². The number of benzene rings is 1. The number of rotatable bonds is 4. The zero-order valence-corrected chi connectivity index (χ0v) is 13.0. The van der Waals surface area contributed by atoms with Gasteiger partial charge in [-0.1, -0.05) is 0 Å². The van der Waals surface area contributed by atoms with E-state index in [1.807, 2.05) is 0 Å². The molecular weight excluding hydrogens is 335 g/mol. The highest BCUT2D eigenvalue weighted by Gasteiger charge is 2.14. The minimum Gasteiger partial charge on any atom is -0.366 e. The standard InChI is InChI=1S/C15H11FN4O3S/c16-8-1-2-9-11(5-8)18-7-20(15(9)23)6-12(21)19-14-10(13(17)22)3-4-24-14/h1-5,7H,6H2,(H2,17,22)(H,19,21). The fraction of sp³-hybridized carbons (Fsp3) is 0.0667. The summed E-state index contributed by atoms with van der Waals surface area (Å²) in [7, 11) is 0. The summed E-state index contributed by atoms with van der Waals surface area (Å²) >= 11 is 1.15. The molecule has 3 N–H and O–H groups in total. The molecule has 2 heterocycles. The molecule has 0 aliphatic rings. The summed E-state index contributed by atoms with van der Waals surface area (Å²) in [6.07, 6.45) is 1.17. The van der Waals surface area contributed by atoms with E-state index in [2.05, 4.69) is 10.3 Å². The Hall–Kier alpha value is -3.07. The first kappa shape index (κ1) is 15.8. The van der Waals surface area contributed by atoms with Crippen molar-refractivity contribution in [3.63, 3.8) is 0 Å². The number of hydrogen-bond acceptors (Lipinski definition) is 5. The molecule has 0 atom stereocenters. The van der Waals surface area contributed by atoms with Crippen molar-refractivity contribution in [1.29, 1.82) is 0 Å². The predicted octanol–water partition coefficient (Wildman–Crippen LogP) is 1.33. The van der Waals surface area contributed by atoms with Crippen LogP contribution in [0.4, 0.5) is 9.39 Å². The average molecular weight is 346 g/mol. The molecule has 2 amide bonds. The maximum atomic E-state index is 13.1. The first-order valence-corrected chi connectivity index (χ1v) is 7.65. The van der Waals surface area contributed by atoms with Crippen LogP contribution in [0.1, 0.15) is 10.4 Å². The molecule has 2 aromatic heterocycles. The van der Waals surface area contributed by atoms with Crippen LogP contribution in [0.2, 0.25) is 0 Å². The molecule has 24 heavy (non-hydrogen) atoms. The Labute approximate surface area is 138 Å². The van der Waals surface area contributed by atoms with Crippen LogP contribution in [-0.2, 0) is 11.3 Å². The summed E-state index contributed by atoms with van der Waals surface area (Å²) in [5, 5.41) is 4.68. The molecule has 0 unspecified atom stereocenters. The summed E-state index contributed by atoms with van der Waals surface area (Å²) in [5.74, 6) is -1.66. The smallest absolute Gasteiger partial charge is 0.261 e. The van der Waals surface area contributed by atoms with Crippen molar-refractivity contribution >= 4 is 39.1 Å². The number of anilines is 1. The summed E-state index contributed by atoms with van der Waals surface area (Å²) < 4.78 is 14.2. The molecule has 0 saturated heterocycles. The van der Waals surface area contributed by atoms with Crippen LogP contribution in [0.25, 0.3) is 10.9 Å². The molecule has 3 rings (SSSR count). The normalized spacial score (nSPS) is 10.7. The Morgan fingerprint density at radius 1 is 1.33 bits per heavy atom. The van der Waals surface area contributed by atoms with Gasteiger partial charge in [0.05, 0.1) is 22.8 Å². The highest BCUT2D eigenvalue weighted by atomic mass is 32.1. The largest absolute Gasteiger partial charge is 0.366 e. The number of halogens is 1. The van der Waals surface area contributed by atoms with E-state index in [1.165, 1.54) is 18.5 Å². The topological polar surface area (TPSA) is 107 Å². The maximum Gasteiger partial charge on any atom is 0.261 e. The van der Waals surface area contributed by atoms with Crippen LogP contribution in [0, 0.1) is 5.82 Å². The highest BCUT2D eigenvalue weighted by molar-refractivity contribution is 7.14. The Kier molecular flexibility index (Phi) is 4.09. The van der Waals surface area contributed by atoms with E-state index in [9.17, 15) is 18.8 Å². The number of primary amides is 1. The number of fused-ring (bicyclic) bond motifs is 1. The minimum absolute atomic E-state index is 0.202. The van der Waals surface area contributed by atoms with Crippen LogP contribution >= 0.6 is 11.3 Å². The Morgan fingerprint density at radius 2 is 2.12 bits per heavy atom. The van der Waals surface area contributed by atoms with Crippen molar-refractivity contribution in [2.24, 2.45) is 5.73 Å². The van der Waals surface area contributed by atoms with E-state index >= 15 is 0 Å². The van der Waals surface area contributed by atoms with Gasteiger partial charge in [0.25, 0.3) is 11.5 Å². The first-order chi connectivity index (χ1) is 11.5. The summed E-state index contributed by atoms with van der Waals surface area (Å²) in [6.45, 7) is -0.296. The minimum atomic E-state index is -0.655. The third-order valence-corrected chi connectivity index (χ3v) is 4.11. The lowest BCUT2D eigenvalue weighted by atomic mass is 10.2. The Bertz CT molecular complexity index is 1010. The fourth-order valence-corrected chi connectivity index (χ4v) is 2.97. The Balaban J connectivity index is 1.84. The number of aromatic nitrogens is 2. The monoisotopic (exact) mass is 346 g/mol. The molecule has 0 spiro atoms. The van der Waals surface area contributed by atoms with Gasteiger partial charge < -0.3 is 11.1 Å². The number of hydrogen-bond donors (Lipinski definition) is 2. The molecule has 1 aromatic carbocycles. The predicted molar refractivity (Wildman–Crippen MR) is 87.4 cm³/mol. The molecule has 0 radical (unpaired) electrons. The van der Waals surface area contributed by atoms with Gasteiger partial charge in [0.1, 0.15) is 17.4 Å². The fourth-order valence-electron chi connectivity index (χ4n) is 2.17. The van der Waals surface area contributed by atoms with Gasteiger partial charge in [-0.05, 0) is 23.6 Å². The number of carbonyl (C=O) groups is 2. The third-order valence-electron chi connectivity index (χ3n) is 3.28. The number of nitrogens with two attached hydrogens (primary N) is 1. The van der Waals surface area contributed by atoms with E-state index in [1.54, 1.807) is 5.38 Å². The van der Waals surface area contributed by atoms with Crippen LogP contribution < -0.4 is 16.6 Å². The molecular formula is C15H11FN4O3S. The van der Waals surface area contributed by atoms with Crippen LogP contribution in [0.15, 0.2) is 40.8 Å². The lowest BCUT2D eigenvalue weighted by Crippen LogP contribution is -2.28. The highest BCUT2D eigenvalue weighted by Crippen LogP contribution is 2.22. The van der Waals surface area contributed by atoms with Crippen LogP contribution in [0.3, 0.4) is 0 Å². The molecule has 9 heteroatoms. The average Bonchev–Trinajstić information content (AvgIpc) is 2.98. The van der Waals surface area contributed by atoms with Crippen molar-refractivity contribution in [3.8, 4) is 0 Å².